The number of hydroxylamine groups is 1. The van der Waals surface area contributed by atoms with E-state index < -0.39 is 0 Å². The minimum absolute atomic E-state index is 0.000000000000000222. The molecule has 5 nitrogen and oxygen atoms in total. The summed E-state index contributed by atoms with van der Waals surface area (Å²) in [6.45, 7) is 0. The average molecular weight is 103 g/mol. The largest absolute Gasteiger partial charge is 0.232 e. The Balaban J connectivity index is 2.03. The lowest BCUT2D eigenvalue weighted by atomic mass is 10.4. The lowest BCUT2D eigenvalue weighted by molar-refractivity contribution is -0.312. The molecule has 0 radical (unpaired) electrons. The van der Waals surface area contributed by atoms with E-state index in [1.165, 1.54) is 0 Å². The highest BCUT2D eigenvalue weighted by Crippen LogP contribution is 2.06. The zero-order chi connectivity index (χ0) is 4.69. The Morgan fingerprint density at radius 1 is 1.29 bits per heavy atom. The molecule has 0 spiro atoms. The first-order chi connectivity index (χ1) is 3.47. The van der Waals surface area contributed by atoms with E-state index in [4.69, 9.17) is 0 Å². The normalized spacial score (nSPS) is 48.0. The van der Waals surface area contributed by atoms with Crippen LogP contribution in [0, 0.1) is 0 Å². The van der Waals surface area contributed by atoms with Gasteiger partial charge in [-0.1, -0.05) is 0 Å². The van der Waals surface area contributed by atoms with Gasteiger partial charge in [0.05, 0.1) is 0 Å². The molecule has 0 saturated carbocycles. The molecule has 40 valence electrons. The molecular formula is C2H5N3O2. The van der Waals surface area contributed by atoms with E-state index in [9.17, 15) is 0 Å². The molecular weight excluding hydrogens is 98.0 g/mol. The van der Waals surface area contributed by atoms with Crippen molar-refractivity contribution >= 4 is 0 Å². The Labute approximate surface area is 39.8 Å². The fourth-order valence-corrected chi connectivity index (χ4v) is 0.537. The first-order valence-electron chi connectivity index (χ1n) is 2.06. The van der Waals surface area contributed by atoms with E-state index in [-0.39, 0.29) is 12.4 Å². The highest BCUT2D eigenvalue weighted by Gasteiger charge is 2.37. The molecule has 2 heterocycles. The summed E-state index contributed by atoms with van der Waals surface area (Å²) in [5.74, 6) is 0. The molecule has 2 rings (SSSR count). The Kier molecular flexibility index (Phi) is 0.615. The summed E-state index contributed by atoms with van der Waals surface area (Å²) in [5, 5.41) is 0. The molecule has 0 aromatic carbocycles. The summed E-state index contributed by atoms with van der Waals surface area (Å²) in [7, 11) is 0. The summed E-state index contributed by atoms with van der Waals surface area (Å²) < 4.78 is 0. The molecule has 2 saturated heterocycles. The molecule has 0 bridgehead atoms. The van der Waals surface area contributed by atoms with Gasteiger partial charge < -0.3 is 0 Å². The first kappa shape index (κ1) is 3.76. The predicted octanol–water partition coefficient (Wildman–Crippen LogP) is -1.79. The van der Waals surface area contributed by atoms with Gasteiger partial charge in [-0.3, -0.25) is 0 Å². The van der Waals surface area contributed by atoms with Crippen LogP contribution in [0.25, 0.3) is 0 Å². The van der Waals surface area contributed by atoms with Gasteiger partial charge in [0.2, 0.25) is 0 Å². The molecule has 5 heteroatoms. The van der Waals surface area contributed by atoms with Crippen LogP contribution in [-0.4, -0.2) is 12.4 Å². The maximum atomic E-state index is 4.57. The van der Waals surface area contributed by atoms with Crippen molar-refractivity contribution in [1.29, 1.82) is 0 Å². The van der Waals surface area contributed by atoms with Crippen molar-refractivity contribution in [2.75, 3.05) is 0 Å². The van der Waals surface area contributed by atoms with Crippen LogP contribution in [0.3, 0.4) is 0 Å². The van der Waals surface area contributed by atoms with Gasteiger partial charge in [0.1, 0.15) is 6.17 Å². The van der Waals surface area contributed by atoms with Crippen molar-refractivity contribution in [2.45, 2.75) is 12.4 Å². The molecule has 2 fully saturated rings. The Morgan fingerprint density at radius 3 is 2.57 bits per heavy atom. The van der Waals surface area contributed by atoms with Crippen LogP contribution < -0.4 is 16.3 Å². The van der Waals surface area contributed by atoms with Gasteiger partial charge in [-0.05, 0) is 0 Å². The van der Waals surface area contributed by atoms with Crippen LogP contribution in [0.15, 0.2) is 0 Å². The number of nitrogens with one attached hydrogen (secondary N) is 3. The summed E-state index contributed by atoms with van der Waals surface area (Å²) in [5.41, 5.74) is 8.10. The Hall–Kier alpha value is -0.200. The minimum Gasteiger partial charge on any atom is -0.232 e. The first-order valence-corrected chi connectivity index (χ1v) is 2.06. The molecule has 2 aliphatic heterocycles. The van der Waals surface area contributed by atoms with Gasteiger partial charge >= 0.3 is 0 Å². The Morgan fingerprint density at radius 2 is 2.29 bits per heavy atom. The fourth-order valence-electron chi connectivity index (χ4n) is 0.537. The SMILES string of the molecule is N1NC2OONC12. The van der Waals surface area contributed by atoms with Crippen LogP contribution in [0.1, 0.15) is 0 Å². The number of hydrogen-bond acceptors (Lipinski definition) is 5. The van der Waals surface area contributed by atoms with Crippen molar-refractivity contribution in [3.8, 4) is 0 Å². The molecule has 0 aromatic rings. The van der Waals surface area contributed by atoms with E-state index >= 15 is 0 Å². The molecule has 3 N–H and O–H groups in total. The second-order valence-electron chi connectivity index (χ2n) is 1.48. The molecule has 7 heavy (non-hydrogen) atoms. The van der Waals surface area contributed by atoms with Crippen molar-refractivity contribution in [3.05, 3.63) is 0 Å². The molecule has 2 unspecified atom stereocenters. The molecule has 2 aliphatic rings. The van der Waals surface area contributed by atoms with Crippen molar-refractivity contribution in [1.82, 2.24) is 16.3 Å². The van der Waals surface area contributed by atoms with Gasteiger partial charge in [0.15, 0.2) is 6.23 Å². The second-order valence-corrected chi connectivity index (χ2v) is 1.48. The quantitative estimate of drug-likeness (QED) is 0.316. The van der Waals surface area contributed by atoms with Gasteiger partial charge in [-0.25, -0.2) is 10.9 Å². The lowest BCUT2D eigenvalue weighted by Gasteiger charge is -2.27. The smallest absolute Gasteiger partial charge is 0.190 e. The monoisotopic (exact) mass is 103 g/mol. The van der Waals surface area contributed by atoms with Crippen LogP contribution in [-0.2, 0) is 9.88 Å². The number of hydrogen-bond donors (Lipinski definition) is 3. The number of rotatable bonds is 0. The summed E-state index contributed by atoms with van der Waals surface area (Å²) >= 11 is 0. The topological polar surface area (TPSA) is 54.5 Å². The maximum absolute atomic E-state index is 4.57. The van der Waals surface area contributed by atoms with Crippen molar-refractivity contribution in [3.63, 3.8) is 0 Å². The lowest BCUT2D eigenvalue weighted by Crippen LogP contribution is -2.68. The third-order valence-corrected chi connectivity index (χ3v) is 1.01. The van der Waals surface area contributed by atoms with Gasteiger partial charge in [0, 0.05) is 0 Å². The molecule has 0 aliphatic carbocycles. The van der Waals surface area contributed by atoms with Crippen molar-refractivity contribution in [2.24, 2.45) is 0 Å². The van der Waals surface area contributed by atoms with Gasteiger partial charge in [0.25, 0.3) is 0 Å². The second kappa shape index (κ2) is 1.15. The van der Waals surface area contributed by atoms with E-state index in [1.54, 1.807) is 0 Å². The maximum Gasteiger partial charge on any atom is 0.190 e. The summed E-state index contributed by atoms with van der Waals surface area (Å²) in [6, 6.07) is 0. The van der Waals surface area contributed by atoms with Crippen molar-refractivity contribution < 1.29 is 9.88 Å². The molecule has 0 amide bonds. The van der Waals surface area contributed by atoms with E-state index in [1.807, 2.05) is 0 Å². The summed E-state index contributed by atoms with van der Waals surface area (Å²) in [6.07, 6.45) is 0.139. The van der Waals surface area contributed by atoms with E-state index in [0.29, 0.717) is 0 Å². The minimum atomic E-state index is -0.000000000000000222. The zero-order valence-corrected chi connectivity index (χ0v) is 3.47. The average Bonchev–Trinajstić information content (AvgIpc) is 1.85. The third-order valence-electron chi connectivity index (χ3n) is 1.01. The summed E-state index contributed by atoms with van der Waals surface area (Å²) in [4.78, 5) is 8.92. The number of fused-ring (bicyclic) bond motifs is 1. The Bertz CT molecular complexity index is 77.0. The van der Waals surface area contributed by atoms with Gasteiger partial charge in [-0.15, -0.1) is 10.5 Å². The predicted molar refractivity (Wildman–Crippen MR) is 19.2 cm³/mol. The van der Waals surface area contributed by atoms with Crippen LogP contribution in [0.4, 0.5) is 0 Å². The van der Waals surface area contributed by atoms with E-state index in [2.05, 4.69) is 26.2 Å². The fraction of sp³-hybridized carbons (Fsp3) is 1.00. The standard InChI is InChI=1S/C2H5N3O2/c3-1-2(4-3)6-7-5-1/h1-5H. The highest BCUT2D eigenvalue weighted by atomic mass is 17.3. The van der Waals surface area contributed by atoms with Gasteiger partial charge in [-0.2, -0.15) is 4.89 Å². The van der Waals surface area contributed by atoms with Crippen LogP contribution >= 0.6 is 0 Å². The zero-order valence-electron chi connectivity index (χ0n) is 3.47. The number of hydrazine groups is 1. The molecule has 2 atom stereocenters. The van der Waals surface area contributed by atoms with Crippen LogP contribution in [0.5, 0.6) is 0 Å². The van der Waals surface area contributed by atoms with E-state index in [0.717, 1.165) is 0 Å². The highest BCUT2D eigenvalue weighted by molar-refractivity contribution is 4.77. The van der Waals surface area contributed by atoms with Crippen LogP contribution in [0.2, 0.25) is 0 Å². The molecule has 0 aromatic heterocycles. The third kappa shape index (κ3) is 0.382.